The molecule has 6 heteroatoms. The highest BCUT2D eigenvalue weighted by molar-refractivity contribution is 7.89. The van der Waals surface area contributed by atoms with Crippen LogP contribution in [0.5, 0.6) is 0 Å². The van der Waals surface area contributed by atoms with Gasteiger partial charge < -0.3 is 10.2 Å². The number of rotatable bonds is 6. The zero-order chi connectivity index (χ0) is 16.2. The third kappa shape index (κ3) is 5.05. The molecule has 1 aromatic rings. The lowest BCUT2D eigenvalue weighted by Gasteiger charge is -2.35. The number of nitrogens with zero attached hydrogens (tertiary/aromatic N) is 1. The Morgan fingerprint density at radius 2 is 1.82 bits per heavy atom. The molecule has 2 rings (SSSR count). The highest BCUT2D eigenvalue weighted by Gasteiger charge is 2.19. The van der Waals surface area contributed by atoms with Crippen LogP contribution in [0.15, 0.2) is 29.2 Å². The zero-order valence-corrected chi connectivity index (χ0v) is 14.3. The van der Waals surface area contributed by atoms with Gasteiger partial charge in [0.2, 0.25) is 10.0 Å². The second-order valence-corrected chi connectivity index (χ2v) is 7.86. The Morgan fingerprint density at radius 1 is 1.23 bits per heavy atom. The molecule has 124 valence electrons. The molecule has 1 aliphatic heterocycles. The van der Waals surface area contributed by atoms with Crippen LogP contribution in [0.1, 0.15) is 32.3 Å². The summed E-state index contributed by atoms with van der Waals surface area (Å²) in [6.07, 6.45) is 3.29. The largest absolute Gasteiger partial charge is 0.314 e. The standard InChI is InChI=1S/C16H27N3O2S/c1-13(2)19-11-8-15(9-12-19)18-10-7-14-3-5-16(6-4-14)22(17,20)21/h3-6,13,15,18H,7-12H2,1-2H3,(H2,17,20,21). The van der Waals surface area contributed by atoms with Gasteiger partial charge in [0.25, 0.3) is 0 Å². The number of piperidine rings is 1. The number of sulfonamides is 1. The Bertz CT molecular complexity index is 562. The second kappa shape index (κ2) is 7.55. The number of hydrogen-bond acceptors (Lipinski definition) is 4. The molecular formula is C16H27N3O2S. The van der Waals surface area contributed by atoms with E-state index < -0.39 is 10.0 Å². The Labute approximate surface area is 133 Å². The van der Waals surface area contributed by atoms with E-state index in [-0.39, 0.29) is 4.90 Å². The second-order valence-electron chi connectivity index (χ2n) is 6.30. The first-order chi connectivity index (χ1) is 10.4. The van der Waals surface area contributed by atoms with Gasteiger partial charge >= 0.3 is 0 Å². The van der Waals surface area contributed by atoms with Gasteiger partial charge in [-0.1, -0.05) is 12.1 Å². The summed E-state index contributed by atoms with van der Waals surface area (Å²) < 4.78 is 22.4. The van der Waals surface area contributed by atoms with Crippen LogP contribution in [0.25, 0.3) is 0 Å². The number of likely N-dealkylation sites (tertiary alicyclic amines) is 1. The van der Waals surface area contributed by atoms with Gasteiger partial charge in [-0.2, -0.15) is 0 Å². The van der Waals surface area contributed by atoms with E-state index in [4.69, 9.17) is 5.14 Å². The first kappa shape index (κ1) is 17.4. The highest BCUT2D eigenvalue weighted by Crippen LogP contribution is 2.13. The quantitative estimate of drug-likeness (QED) is 0.827. The fourth-order valence-electron chi connectivity index (χ4n) is 2.89. The summed E-state index contributed by atoms with van der Waals surface area (Å²) in [6.45, 7) is 7.75. The van der Waals surface area contributed by atoms with E-state index in [0.29, 0.717) is 12.1 Å². The molecule has 1 fully saturated rings. The van der Waals surface area contributed by atoms with Crippen molar-refractivity contribution in [2.45, 2.75) is 50.1 Å². The maximum Gasteiger partial charge on any atom is 0.238 e. The SMILES string of the molecule is CC(C)N1CCC(NCCc2ccc(S(N)(=O)=O)cc2)CC1. The summed E-state index contributed by atoms with van der Waals surface area (Å²) >= 11 is 0. The van der Waals surface area contributed by atoms with Crippen LogP contribution >= 0.6 is 0 Å². The van der Waals surface area contributed by atoms with Crippen molar-refractivity contribution in [1.29, 1.82) is 0 Å². The van der Waals surface area contributed by atoms with Gasteiger partial charge in [0.05, 0.1) is 4.90 Å². The molecule has 0 amide bonds. The third-order valence-corrected chi connectivity index (χ3v) is 5.29. The molecule has 0 unspecified atom stereocenters. The third-order valence-electron chi connectivity index (χ3n) is 4.36. The molecule has 1 heterocycles. The van der Waals surface area contributed by atoms with Crippen LogP contribution in [0.4, 0.5) is 0 Å². The fourth-order valence-corrected chi connectivity index (χ4v) is 3.40. The minimum absolute atomic E-state index is 0.172. The average Bonchev–Trinajstić information content (AvgIpc) is 2.47. The van der Waals surface area contributed by atoms with Gasteiger partial charge in [-0.25, -0.2) is 13.6 Å². The van der Waals surface area contributed by atoms with Crippen molar-refractivity contribution in [1.82, 2.24) is 10.2 Å². The number of primary sulfonamides is 1. The number of benzene rings is 1. The average molecular weight is 325 g/mol. The molecule has 3 N–H and O–H groups in total. The highest BCUT2D eigenvalue weighted by atomic mass is 32.2. The summed E-state index contributed by atoms with van der Waals surface area (Å²) in [6, 6.07) is 8.06. The predicted molar refractivity (Wildman–Crippen MR) is 89.3 cm³/mol. The van der Waals surface area contributed by atoms with Crippen molar-refractivity contribution in [3.05, 3.63) is 29.8 Å². The molecule has 0 atom stereocenters. The Kier molecular flexibility index (Phi) is 5.97. The topological polar surface area (TPSA) is 75.4 Å². The fraction of sp³-hybridized carbons (Fsp3) is 0.625. The molecule has 1 saturated heterocycles. The minimum Gasteiger partial charge on any atom is -0.314 e. The lowest BCUT2D eigenvalue weighted by molar-refractivity contribution is 0.161. The Balaban J connectivity index is 1.73. The molecule has 0 saturated carbocycles. The molecule has 1 aliphatic rings. The van der Waals surface area contributed by atoms with E-state index in [2.05, 4.69) is 24.1 Å². The monoisotopic (exact) mass is 325 g/mol. The zero-order valence-electron chi connectivity index (χ0n) is 13.5. The van der Waals surface area contributed by atoms with E-state index in [1.807, 2.05) is 12.1 Å². The molecule has 1 aromatic carbocycles. The summed E-state index contributed by atoms with van der Waals surface area (Å²) in [5.74, 6) is 0. The van der Waals surface area contributed by atoms with Crippen molar-refractivity contribution in [2.24, 2.45) is 5.14 Å². The molecule has 0 aliphatic carbocycles. The molecule has 0 bridgehead atoms. The van der Waals surface area contributed by atoms with Gasteiger partial charge in [-0.3, -0.25) is 0 Å². The lowest BCUT2D eigenvalue weighted by atomic mass is 10.0. The van der Waals surface area contributed by atoms with Gasteiger partial charge in [-0.05, 0) is 70.4 Å². The van der Waals surface area contributed by atoms with Crippen molar-refractivity contribution < 1.29 is 8.42 Å². The van der Waals surface area contributed by atoms with Crippen LogP contribution in [0.2, 0.25) is 0 Å². The van der Waals surface area contributed by atoms with Crippen LogP contribution in [0, 0.1) is 0 Å². The maximum atomic E-state index is 11.2. The maximum absolute atomic E-state index is 11.2. The van der Waals surface area contributed by atoms with Crippen LogP contribution in [-0.2, 0) is 16.4 Å². The molecule has 0 spiro atoms. The van der Waals surface area contributed by atoms with Crippen molar-refractivity contribution >= 4 is 10.0 Å². The lowest BCUT2D eigenvalue weighted by Crippen LogP contribution is -2.45. The van der Waals surface area contributed by atoms with Gasteiger partial charge in [-0.15, -0.1) is 0 Å². The van der Waals surface area contributed by atoms with E-state index in [1.165, 1.54) is 25.9 Å². The number of hydrogen-bond donors (Lipinski definition) is 2. The van der Waals surface area contributed by atoms with Gasteiger partial charge in [0.15, 0.2) is 0 Å². The minimum atomic E-state index is -3.59. The first-order valence-corrected chi connectivity index (χ1v) is 9.50. The van der Waals surface area contributed by atoms with Crippen molar-refractivity contribution in [3.63, 3.8) is 0 Å². The van der Waals surface area contributed by atoms with E-state index in [0.717, 1.165) is 18.5 Å². The molecule has 0 radical (unpaired) electrons. The predicted octanol–water partition coefficient (Wildman–Crippen LogP) is 1.34. The summed E-state index contributed by atoms with van der Waals surface area (Å²) in [5, 5.41) is 8.70. The smallest absolute Gasteiger partial charge is 0.238 e. The summed E-state index contributed by atoms with van der Waals surface area (Å²) in [7, 11) is -3.59. The van der Waals surface area contributed by atoms with Crippen LogP contribution in [-0.4, -0.2) is 45.0 Å². The number of nitrogens with two attached hydrogens (primary N) is 1. The molecule has 5 nitrogen and oxygen atoms in total. The van der Waals surface area contributed by atoms with E-state index in [1.54, 1.807) is 12.1 Å². The Hall–Kier alpha value is -0.950. The summed E-state index contributed by atoms with van der Waals surface area (Å²) in [4.78, 5) is 2.69. The summed E-state index contributed by atoms with van der Waals surface area (Å²) in [5.41, 5.74) is 1.12. The Morgan fingerprint density at radius 3 is 2.32 bits per heavy atom. The van der Waals surface area contributed by atoms with Crippen LogP contribution < -0.4 is 10.5 Å². The molecule has 0 aromatic heterocycles. The van der Waals surface area contributed by atoms with Crippen molar-refractivity contribution in [2.75, 3.05) is 19.6 Å². The normalized spacial score (nSPS) is 18.0. The van der Waals surface area contributed by atoms with Gasteiger partial charge in [0, 0.05) is 12.1 Å². The van der Waals surface area contributed by atoms with Crippen molar-refractivity contribution in [3.8, 4) is 0 Å². The van der Waals surface area contributed by atoms with Crippen LogP contribution in [0.3, 0.4) is 0 Å². The van der Waals surface area contributed by atoms with Gasteiger partial charge in [0.1, 0.15) is 0 Å². The first-order valence-electron chi connectivity index (χ1n) is 7.95. The van der Waals surface area contributed by atoms with E-state index >= 15 is 0 Å². The van der Waals surface area contributed by atoms with E-state index in [9.17, 15) is 8.42 Å². The molecular weight excluding hydrogens is 298 g/mol. The number of nitrogens with one attached hydrogen (secondary N) is 1. The molecule has 22 heavy (non-hydrogen) atoms.